The first-order valence-corrected chi connectivity index (χ1v) is 29.6. The van der Waals surface area contributed by atoms with Gasteiger partial charge in [-0.3, -0.25) is 24.1 Å². The van der Waals surface area contributed by atoms with E-state index in [2.05, 4.69) is 64.3 Å². The van der Waals surface area contributed by atoms with E-state index in [9.17, 15) is 29.4 Å². The van der Waals surface area contributed by atoms with Crippen LogP contribution in [-0.4, -0.2) is 148 Å². The Kier molecular flexibility index (Phi) is 17.2. The molecule has 6 aromatic rings. The third-order valence-corrected chi connectivity index (χ3v) is 17.9. The summed E-state index contributed by atoms with van der Waals surface area (Å²) in [6, 6.07) is 21.1. The highest BCUT2D eigenvalue weighted by Gasteiger charge is 2.45. The molecule has 10 rings (SSSR count). The number of benzene rings is 2. The quantitative estimate of drug-likeness (QED) is 0.0587. The predicted molar refractivity (Wildman–Crippen MR) is 316 cm³/mol. The number of nitrogens with zero attached hydrogens (tertiary/aromatic N) is 10. The van der Waals surface area contributed by atoms with Crippen LogP contribution in [0.1, 0.15) is 103 Å². The Morgan fingerprint density at radius 2 is 1.53 bits per heavy atom. The van der Waals surface area contributed by atoms with Crippen LogP contribution in [0.3, 0.4) is 0 Å². The number of nitrogens with one attached hydrogen (secondary N) is 3. The van der Waals surface area contributed by atoms with Crippen molar-refractivity contribution in [3.63, 3.8) is 0 Å². The van der Waals surface area contributed by atoms with E-state index >= 15 is 0 Å². The summed E-state index contributed by atoms with van der Waals surface area (Å²) in [5.74, 6) is 0.200. The van der Waals surface area contributed by atoms with Crippen molar-refractivity contribution in [1.82, 2.24) is 54.6 Å². The van der Waals surface area contributed by atoms with E-state index in [0.29, 0.717) is 47.0 Å². The summed E-state index contributed by atoms with van der Waals surface area (Å²) in [6.45, 7) is 21.4. The van der Waals surface area contributed by atoms with Crippen LogP contribution in [0.5, 0.6) is 0 Å². The molecule has 4 aromatic heterocycles. The van der Waals surface area contributed by atoms with Crippen molar-refractivity contribution in [2.24, 2.45) is 11.3 Å². The van der Waals surface area contributed by atoms with E-state index in [1.54, 1.807) is 54.1 Å². The van der Waals surface area contributed by atoms with Gasteiger partial charge in [-0.2, -0.15) is 4.98 Å². The SMILES string of the molecule is C=CCn1c(=O)c2cnc(Nc3ccc(N4CCN(C5CCC(N6CCC(CC(=O)N[C@H](C(=O)N7C[C@H](O)C[C@H]7C(=O)NCc7ccc(-c8scnc8C)cc7)C(C)(C)C)CC6)CC5)CC4)cc3)nc2n1-c1cccc(C(C)(C)O)n1. The number of hydrogen-bond donors (Lipinski definition) is 5. The van der Waals surface area contributed by atoms with Crippen molar-refractivity contribution in [3.8, 4) is 16.3 Å². The molecule has 430 valence electrons. The molecule has 2 aromatic carbocycles. The molecule has 20 heteroatoms. The van der Waals surface area contributed by atoms with Crippen LogP contribution in [0.2, 0.25) is 0 Å². The van der Waals surface area contributed by atoms with E-state index in [4.69, 9.17) is 4.98 Å². The van der Waals surface area contributed by atoms with Gasteiger partial charge in [0.25, 0.3) is 5.56 Å². The number of aryl methyl sites for hydroxylation is 1. The molecule has 1 aliphatic carbocycles. The zero-order valence-electron chi connectivity index (χ0n) is 47.7. The third-order valence-electron chi connectivity index (χ3n) is 16.9. The number of thiazole rings is 1. The number of aromatic nitrogens is 6. The molecule has 19 nitrogen and oxygen atoms in total. The second-order valence-corrected chi connectivity index (χ2v) is 25.0. The van der Waals surface area contributed by atoms with Crippen molar-refractivity contribution >= 4 is 57.4 Å². The molecule has 7 heterocycles. The van der Waals surface area contributed by atoms with Crippen molar-refractivity contribution in [2.75, 3.05) is 56.0 Å². The number of amides is 3. The maximum atomic E-state index is 14.3. The molecule has 0 radical (unpaired) electrons. The van der Waals surface area contributed by atoms with Gasteiger partial charge in [0, 0.05) is 81.8 Å². The third kappa shape index (κ3) is 13.1. The zero-order valence-corrected chi connectivity index (χ0v) is 48.5. The number of aliphatic hydroxyl groups is 2. The summed E-state index contributed by atoms with van der Waals surface area (Å²) in [6.07, 6.45) is 9.42. The maximum absolute atomic E-state index is 14.3. The minimum Gasteiger partial charge on any atom is -0.391 e. The summed E-state index contributed by atoms with van der Waals surface area (Å²) in [4.78, 5) is 83.8. The number of allylic oxidation sites excluding steroid dienone is 1. The van der Waals surface area contributed by atoms with Crippen LogP contribution in [-0.2, 0) is 33.1 Å². The van der Waals surface area contributed by atoms with Gasteiger partial charge in [0.15, 0.2) is 11.5 Å². The second kappa shape index (κ2) is 24.3. The van der Waals surface area contributed by atoms with Gasteiger partial charge >= 0.3 is 0 Å². The van der Waals surface area contributed by atoms with Gasteiger partial charge in [0.05, 0.1) is 34.4 Å². The Bertz CT molecular complexity index is 3250. The lowest BCUT2D eigenvalue weighted by Gasteiger charge is -2.45. The highest BCUT2D eigenvalue weighted by Crippen LogP contribution is 2.34. The largest absolute Gasteiger partial charge is 0.391 e. The fraction of sp³-hybridized carbons (Fsp3) is 0.508. The maximum Gasteiger partial charge on any atom is 0.278 e. The normalized spacial score (nSPS) is 21.0. The summed E-state index contributed by atoms with van der Waals surface area (Å²) < 4.78 is 3.17. The van der Waals surface area contributed by atoms with Crippen molar-refractivity contribution in [2.45, 2.75) is 142 Å². The van der Waals surface area contributed by atoms with E-state index in [-0.39, 0.29) is 55.3 Å². The molecule has 5 N–H and O–H groups in total. The van der Waals surface area contributed by atoms with E-state index in [0.717, 1.165) is 85.2 Å². The first kappa shape index (κ1) is 57.4. The number of fused-ring (bicyclic) bond motifs is 1. The Morgan fingerprint density at radius 1 is 0.852 bits per heavy atom. The molecule has 4 fully saturated rings. The minimum atomic E-state index is -1.18. The van der Waals surface area contributed by atoms with E-state index in [1.807, 2.05) is 69.6 Å². The molecule has 1 saturated carbocycles. The summed E-state index contributed by atoms with van der Waals surface area (Å²) in [5.41, 5.74) is 5.57. The fourth-order valence-corrected chi connectivity index (χ4v) is 13.1. The van der Waals surface area contributed by atoms with Crippen molar-refractivity contribution in [3.05, 3.63) is 118 Å². The van der Waals surface area contributed by atoms with Gasteiger partial charge in [-0.25, -0.2) is 24.3 Å². The number of hydrogen-bond acceptors (Lipinski definition) is 15. The number of aliphatic hydroxyl groups excluding tert-OH is 1. The molecular formula is C61H79N13O6S. The van der Waals surface area contributed by atoms with Crippen molar-refractivity contribution < 1.29 is 24.6 Å². The molecule has 3 saturated heterocycles. The van der Waals surface area contributed by atoms with Gasteiger partial charge < -0.3 is 40.9 Å². The Morgan fingerprint density at radius 3 is 2.16 bits per heavy atom. The monoisotopic (exact) mass is 1120 g/mol. The number of likely N-dealkylation sites (tertiary alicyclic amines) is 2. The molecular weight excluding hydrogens is 1040 g/mol. The molecule has 0 unspecified atom stereocenters. The average Bonchev–Trinajstić information content (AvgIpc) is 4.01. The van der Waals surface area contributed by atoms with E-state index < -0.39 is 29.2 Å². The van der Waals surface area contributed by atoms with Crippen LogP contribution in [0.15, 0.2) is 95.9 Å². The highest BCUT2D eigenvalue weighted by molar-refractivity contribution is 7.13. The Labute approximate surface area is 478 Å². The zero-order chi connectivity index (χ0) is 57.2. The molecule has 3 atom stereocenters. The first-order chi connectivity index (χ1) is 38.8. The van der Waals surface area contributed by atoms with Crippen LogP contribution < -0.4 is 26.4 Å². The lowest BCUT2D eigenvalue weighted by molar-refractivity contribution is -0.144. The van der Waals surface area contributed by atoms with Crippen LogP contribution in [0.25, 0.3) is 27.3 Å². The number of piperazine rings is 1. The van der Waals surface area contributed by atoms with Crippen LogP contribution in [0, 0.1) is 18.3 Å². The Hall–Kier alpha value is -6.84. The van der Waals surface area contributed by atoms with Crippen LogP contribution in [0.4, 0.5) is 17.3 Å². The molecule has 4 aliphatic rings. The lowest BCUT2D eigenvalue weighted by atomic mass is 9.84. The fourth-order valence-electron chi connectivity index (χ4n) is 12.3. The van der Waals surface area contributed by atoms with Crippen LogP contribution >= 0.6 is 11.3 Å². The molecule has 3 amide bonds. The van der Waals surface area contributed by atoms with Gasteiger partial charge in [-0.1, -0.05) is 57.2 Å². The molecule has 0 bridgehead atoms. The standard InChI is InChI=1S/C61H79N13O6S/c1-8-26-73-57(78)48-36-63-59(68-55(48)74(73)51-11-9-10-50(66-51)61(6,7)80)65-43-16-18-44(19-17-43)70-29-31-71(32-30-70)46-22-20-45(21-23-46)69-27-24-40(25-28-69)33-52(76)67-54(60(3,4)5)58(79)72-37-47(75)34-49(72)56(77)62-35-41-12-14-42(15-13-41)53-39(2)64-38-81-53/h8-19,36,38,40,45-47,49,54,75,80H,1,20-35,37H2,2-7H3,(H,62,77)(H,67,76)(H,63,65,68)/t45?,46?,47-,49+,54-/m1/s1. The predicted octanol–water partition coefficient (Wildman–Crippen LogP) is 6.91. The van der Waals surface area contributed by atoms with Gasteiger partial charge in [-0.15, -0.1) is 17.9 Å². The molecule has 3 aliphatic heterocycles. The smallest absolute Gasteiger partial charge is 0.278 e. The second-order valence-electron chi connectivity index (χ2n) is 24.1. The van der Waals surface area contributed by atoms with Gasteiger partial charge in [0.1, 0.15) is 23.1 Å². The number of piperidine rings is 1. The Balaban J connectivity index is 0.656. The first-order valence-electron chi connectivity index (χ1n) is 28.8. The van der Waals surface area contributed by atoms with E-state index in [1.165, 1.54) is 41.5 Å². The summed E-state index contributed by atoms with van der Waals surface area (Å²) >= 11 is 1.59. The molecule has 81 heavy (non-hydrogen) atoms. The number of rotatable bonds is 17. The number of pyridine rings is 1. The number of carbonyl (C=O) groups excluding carboxylic acids is 3. The average molecular weight is 1120 g/mol. The van der Waals surface area contributed by atoms with Gasteiger partial charge in [-0.05, 0) is 131 Å². The number of anilines is 3. The van der Waals surface area contributed by atoms with Gasteiger partial charge in [0.2, 0.25) is 23.7 Å². The topological polar surface area (TPSA) is 219 Å². The summed E-state index contributed by atoms with van der Waals surface area (Å²) in [7, 11) is 0. The highest BCUT2D eigenvalue weighted by atomic mass is 32.1. The minimum absolute atomic E-state index is 0.0382. The van der Waals surface area contributed by atoms with Crippen molar-refractivity contribution in [1.29, 1.82) is 0 Å². The summed E-state index contributed by atoms with van der Waals surface area (Å²) in [5, 5.41) is 31.2. The number of carbonyl (C=O) groups is 3. The molecule has 0 spiro atoms. The lowest BCUT2D eigenvalue weighted by Crippen LogP contribution is -2.58. The number of β-amino-alcohol motifs (C(OH)–C–C–N with tert-alkyl or cyclic N) is 1.